The van der Waals surface area contributed by atoms with Crippen LogP contribution in [0, 0.1) is 6.92 Å². The van der Waals surface area contributed by atoms with Crippen LogP contribution in [-0.2, 0) is 0 Å². The molecule has 1 rings (SSSR count). The van der Waals surface area contributed by atoms with E-state index in [4.69, 9.17) is 0 Å². The van der Waals surface area contributed by atoms with E-state index in [-0.39, 0.29) is 35.5 Å². The maximum atomic E-state index is 3.82. The van der Waals surface area contributed by atoms with E-state index in [1.807, 2.05) is 30.3 Å². The van der Waals surface area contributed by atoms with Crippen molar-refractivity contribution >= 4 is 29.1 Å². The third-order valence-corrected chi connectivity index (χ3v) is 1.28. The van der Waals surface area contributed by atoms with Crippen LogP contribution < -0.4 is 12.4 Å². The van der Waals surface area contributed by atoms with Crippen molar-refractivity contribution in [3.05, 3.63) is 48.9 Å². The van der Waals surface area contributed by atoms with E-state index in [0.29, 0.717) is 0 Å². The van der Waals surface area contributed by atoms with E-state index in [1.54, 1.807) is 0 Å². The first kappa shape index (κ1) is 13.5. The normalized spacial score (nSPS) is 7.27. The summed E-state index contributed by atoms with van der Waals surface area (Å²) >= 11 is 0. The summed E-state index contributed by atoms with van der Waals surface area (Å²) in [5, 5.41) is 0. The van der Waals surface area contributed by atoms with E-state index < -0.39 is 0 Å². The van der Waals surface area contributed by atoms with Gasteiger partial charge in [0.05, 0.1) is 0 Å². The van der Waals surface area contributed by atoms with Crippen molar-refractivity contribution < 1.29 is 12.4 Å². The average molecular weight is 177 g/mol. The summed E-state index contributed by atoms with van der Waals surface area (Å²) in [7, 11) is 0. The zero-order valence-corrected chi connectivity index (χ0v) is 8.56. The molecule has 0 fully saturated rings. The van der Waals surface area contributed by atoms with Crippen LogP contribution in [0.1, 0.15) is 11.1 Å². The SMILES string of the molecule is C=Cc1ccccc1[CH2-].[Cl-].[Mg+2]. The van der Waals surface area contributed by atoms with Gasteiger partial charge >= 0.3 is 23.1 Å². The smallest absolute Gasteiger partial charge is 1.00 e. The number of hydrogen-bond acceptors (Lipinski definition) is 0. The second kappa shape index (κ2) is 6.59. The fraction of sp³-hybridized carbons (Fsp3) is 0. The maximum absolute atomic E-state index is 3.82. The Morgan fingerprint density at radius 3 is 2.18 bits per heavy atom. The first-order valence-electron chi connectivity index (χ1n) is 2.88. The van der Waals surface area contributed by atoms with Gasteiger partial charge in [0.25, 0.3) is 0 Å². The van der Waals surface area contributed by atoms with E-state index in [1.165, 1.54) is 0 Å². The van der Waals surface area contributed by atoms with Gasteiger partial charge in [-0.15, -0.1) is 30.4 Å². The zero-order valence-electron chi connectivity index (χ0n) is 6.39. The fourth-order valence-corrected chi connectivity index (χ4v) is 0.733. The van der Waals surface area contributed by atoms with Crippen LogP contribution in [0.15, 0.2) is 30.8 Å². The molecule has 0 radical (unpaired) electrons. The molecule has 0 heterocycles. The van der Waals surface area contributed by atoms with Crippen LogP contribution in [0.3, 0.4) is 0 Å². The Labute approximate surface area is 90.3 Å². The Balaban J connectivity index is 0. The molecule has 0 saturated heterocycles. The molecule has 0 atom stereocenters. The van der Waals surface area contributed by atoms with Gasteiger partial charge in [-0.25, -0.2) is 0 Å². The quantitative estimate of drug-likeness (QED) is 0.386. The molecule has 0 N–H and O–H groups in total. The Morgan fingerprint density at radius 1 is 1.27 bits per heavy atom. The average Bonchev–Trinajstić information content (AvgIpc) is 1.89. The summed E-state index contributed by atoms with van der Waals surface area (Å²) in [5.41, 5.74) is 2.14. The summed E-state index contributed by atoms with van der Waals surface area (Å²) in [4.78, 5) is 0. The van der Waals surface area contributed by atoms with Crippen LogP contribution in [0.25, 0.3) is 6.08 Å². The van der Waals surface area contributed by atoms with Crippen LogP contribution >= 0.6 is 0 Å². The summed E-state index contributed by atoms with van der Waals surface area (Å²) in [6, 6.07) is 7.91. The molecule has 0 aliphatic heterocycles. The maximum Gasteiger partial charge on any atom is 2.00 e. The van der Waals surface area contributed by atoms with Crippen LogP contribution in [-0.4, -0.2) is 23.1 Å². The number of halogens is 1. The van der Waals surface area contributed by atoms with E-state index in [0.717, 1.165) is 11.1 Å². The molecule has 1 aromatic carbocycles. The second-order valence-electron chi connectivity index (χ2n) is 1.90. The predicted octanol–water partition coefficient (Wildman–Crippen LogP) is -0.865. The molecule has 11 heavy (non-hydrogen) atoms. The molecule has 2 heteroatoms. The van der Waals surface area contributed by atoms with Gasteiger partial charge in [0.15, 0.2) is 0 Å². The Morgan fingerprint density at radius 2 is 1.82 bits per heavy atom. The number of hydrogen-bond donors (Lipinski definition) is 0. The van der Waals surface area contributed by atoms with Crippen LogP contribution in [0.4, 0.5) is 0 Å². The third kappa shape index (κ3) is 3.70. The standard InChI is InChI=1S/C9H9.ClH.Mg/c1-3-9-7-5-4-6-8(9)2;;/h3-7H,1-2H2;1H;/q-1;;+2/p-1. The summed E-state index contributed by atoms with van der Waals surface area (Å²) in [5.74, 6) is 0. The molecule has 1 aromatic rings. The van der Waals surface area contributed by atoms with Gasteiger partial charge in [-0.05, 0) is 0 Å². The van der Waals surface area contributed by atoms with E-state index >= 15 is 0 Å². The molecule has 0 aliphatic carbocycles. The van der Waals surface area contributed by atoms with Gasteiger partial charge < -0.3 is 12.4 Å². The molecule has 0 bridgehead atoms. The minimum absolute atomic E-state index is 0. The molecule has 0 amide bonds. The van der Waals surface area contributed by atoms with Crippen LogP contribution in [0.2, 0.25) is 0 Å². The van der Waals surface area contributed by atoms with Crippen molar-refractivity contribution in [2.45, 2.75) is 0 Å². The molecular weight excluding hydrogens is 168 g/mol. The van der Waals surface area contributed by atoms with Crippen molar-refractivity contribution in [2.24, 2.45) is 0 Å². The fourth-order valence-electron chi connectivity index (χ4n) is 0.733. The van der Waals surface area contributed by atoms with Crippen molar-refractivity contribution in [1.82, 2.24) is 0 Å². The summed E-state index contributed by atoms with van der Waals surface area (Å²) < 4.78 is 0. The minimum Gasteiger partial charge on any atom is -1.00 e. The van der Waals surface area contributed by atoms with Gasteiger partial charge in [-0.2, -0.15) is 18.6 Å². The van der Waals surface area contributed by atoms with Crippen LogP contribution in [0.5, 0.6) is 0 Å². The molecule has 0 nitrogen and oxygen atoms in total. The Bertz CT molecular complexity index is 221. The first-order valence-corrected chi connectivity index (χ1v) is 2.88. The zero-order chi connectivity index (χ0) is 6.69. The van der Waals surface area contributed by atoms with E-state index in [9.17, 15) is 0 Å². The first-order chi connectivity index (χ1) is 4.34. The van der Waals surface area contributed by atoms with Crippen molar-refractivity contribution in [2.75, 3.05) is 0 Å². The van der Waals surface area contributed by atoms with Crippen molar-refractivity contribution in [3.63, 3.8) is 0 Å². The monoisotopic (exact) mass is 176 g/mol. The Kier molecular flexibility index (Phi) is 8.07. The minimum atomic E-state index is 0. The largest absolute Gasteiger partial charge is 2.00 e. The predicted molar refractivity (Wildman–Crippen MR) is 46.7 cm³/mol. The molecule has 0 saturated carbocycles. The van der Waals surface area contributed by atoms with E-state index in [2.05, 4.69) is 13.5 Å². The van der Waals surface area contributed by atoms with Gasteiger partial charge in [-0.1, -0.05) is 6.07 Å². The molecule has 0 aliphatic rings. The molecular formula is C9H9ClMg. The molecule has 0 spiro atoms. The molecule has 0 unspecified atom stereocenters. The molecule has 54 valence electrons. The van der Waals surface area contributed by atoms with Gasteiger partial charge in [0.2, 0.25) is 0 Å². The molecule has 0 aromatic heterocycles. The number of rotatable bonds is 1. The number of benzene rings is 1. The van der Waals surface area contributed by atoms with Gasteiger partial charge in [0.1, 0.15) is 0 Å². The van der Waals surface area contributed by atoms with Crippen molar-refractivity contribution in [3.8, 4) is 0 Å². The Hall–Kier alpha value is -0.114. The second-order valence-corrected chi connectivity index (χ2v) is 1.90. The van der Waals surface area contributed by atoms with Crippen molar-refractivity contribution in [1.29, 1.82) is 0 Å². The summed E-state index contributed by atoms with van der Waals surface area (Å²) in [6.07, 6.45) is 1.81. The van der Waals surface area contributed by atoms with Gasteiger partial charge in [0, 0.05) is 0 Å². The third-order valence-electron chi connectivity index (χ3n) is 1.28. The topological polar surface area (TPSA) is 0 Å². The summed E-state index contributed by atoms with van der Waals surface area (Å²) in [6.45, 7) is 7.47. The van der Waals surface area contributed by atoms with Gasteiger partial charge in [-0.3, -0.25) is 0 Å².